The van der Waals surface area contributed by atoms with Crippen LogP contribution >= 0.6 is 0 Å². The molecule has 0 aliphatic carbocycles. The lowest BCUT2D eigenvalue weighted by molar-refractivity contribution is 0.0600. The highest BCUT2D eigenvalue weighted by atomic mass is 32.2. The first-order valence-electron chi connectivity index (χ1n) is 3.92. The van der Waals surface area contributed by atoms with E-state index in [9.17, 15) is 13.2 Å². The lowest BCUT2D eigenvalue weighted by Gasteiger charge is -1.99. The summed E-state index contributed by atoms with van der Waals surface area (Å²) in [4.78, 5) is 11.0. The lowest BCUT2D eigenvalue weighted by Crippen LogP contribution is -2.00. The largest absolute Gasteiger partial charge is 0.465 e. The maximum Gasteiger partial charge on any atom is 0.337 e. The molecule has 0 bridgehead atoms. The molecule has 0 heterocycles. The van der Waals surface area contributed by atoms with Gasteiger partial charge in [-0.15, -0.1) is 0 Å². The number of thiol groups is 1. The van der Waals surface area contributed by atoms with Gasteiger partial charge in [0.25, 0.3) is 0 Å². The highest BCUT2D eigenvalue weighted by Crippen LogP contribution is 2.06. The second-order valence-corrected chi connectivity index (χ2v) is 3.66. The monoisotopic (exact) mass is 214 g/mol. The molecule has 1 rings (SSSR count). The number of carbonyl (C=O) groups is 1. The number of rotatable bonds is 3. The molecular formula is C9H10O4S. The molecule has 0 fully saturated rings. The number of hydrogen-bond acceptors (Lipinski definition) is 4. The van der Waals surface area contributed by atoms with Gasteiger partial charge in [-0.05, 0) is 17.7 Å². The molecular weight excluding hydrogens is 204 g/mol. The molecule has 0 atom stereocenters. The van der Waals surface area contributed by atoms with Gasteiger partial charge < -0.3 is 4.74 Å². The zero-order valence-corrected chi connectivity index (χ0v) is 8.49. The quantitative estimate of drug-likeness (QED) is 0.590. The molecule has 0 unspecified atom stereocenters. The van der Waals surface area contributed by atoms with Gasteiger partial charge in [0, 0.05) is 0 Å². The van der Waals surface area contributed by atoms with Crippen molar-refractivity contribution >= 4 is 16.7 Å². The first kappa shape index (κ1) is 10.7. The molecule has 14 heavy (non-hydrogen) atoms. The van der Waals surface area contributed by atoms with Crippen molar-refractivity contribution in [3.63, 3.8) is 0 Å². The van der Waals surface area contributed by atoms with Gasteiger partial charge in [-0.1, -0.05) is 12.1 Å². The molecule has 0 aliphatic heterocycles. The second kappa shape index (κ2) is 4.76. The van der Waals surface area contributed by atoms with Crippen LogP contribution < -0.4 is 0 Å². The molecule has 76 valence electrons. The van der Waals surface area contributed by atoms with E-state index in [1.165, 1.54) is 7.11 Å². The van der Waals surface area contributed by atoms with Crippen molar-refractivity contribution in [1.29, 1.82) is 0 Å². The summed E-state index contributed by atoms with van der Waals surface area (Å²) in [6.07, 6.45) is 0. The van der Waals surface area contributed by atoms with Crippen molar-refractivity contribution in [2.24, 2.45) is 0 Å². The van der Waals surface area contributed by atoms with Gasteiger partial charge >= 0.3 is 5.97 Å². The summed E-state index contributed by atoms with van der Waals surface area (Å²) in [6.45, 7) is 0. The zero-order valence-electron chi connectivity index (χ0n) is 7.60. The number of benzene rings is 1. The second-order valence-electron chi connectivity index (χ2n) is 2.68. The first-order valence-corrected chi connectivity index (χ1v) is 5.29. The predicted octanol–water partition coefficient (Wildman–Crippen LogP) is 0.585. The first-order chi connectivity index (χ1) is 6.63. The van der Waals surface area contributed by atoms with Crippen LogP contribution in [-0.4, -0.2) is 21.5 Å². The highest BCUT2D eigenvalue weighted by molar-refractivity contribution is 7.71. The fraction of sp³-hybridized carbons (Fsp3) is 0.222. The standard InChI is InChI=1S/C9H10O4S/c1-13-9(10)8-4-2-7(3-5-8)6-14(11)12/h2-5,14H,6H2,1H3. The van der Waals surface area contributed by atoms with Crippen LogP contribution in [0.15, 0.2) is 24.3 Å². The molecule has 0 N–H and O–H groups in total. The van der Waals surface area contributed by atoms with Crippen LogP contribution in [0.25, 0.3) is 0 Å². The van der Waals surface area contributed by atoms with E-state index >= 15 is 0 Å². The average molecular weight is 214 g/mol. The minimum atomic E-state index is -2.42. The van der Waals surface area contributed by atoms with Gasteiger partial charge in [0.1, 0.15) is 10.7 Å². The zero-order chi connectivity index (χ0) is 10.6. The third kappa shape index (κ3) is 2.85. The smallest absolute Gasteiger partial charge is 0.337 e. The van der Waals surface area contributed by atoms with Crippen molar-refractivity contribution in [3.05, 3.63) is 35.4 Å². The van der Waals surface area contributed by atoms with E-state index in [1.54, 1.807) is 24.3 Å². The molecule has 1 aromatic carbocycles. The van der Waals surface area contributed by atoms with E-state index in [-0.39, 0.29) is 5.75 Å². The molecule has 0 saturated carbocycles. The minimum Gasteiger partial charge on any atom is -0.465 e. The highest BCUT2D eigenvalue weighted by Gasteiger charge is 2.04. The maximum atomic E-state index is 11.0. The maximum absolute atomic E-state index is 11.0. The fourth-order valence-corrected chi connectivity index (χ4v) is 1.52. The van der Waals surface area contributed by atoms with Crippen LogP contribution in [0.2, 0.25) is 0 Å². The molecule has 4 nitrogen and oxygen atoms in total. The number of ether oxygens (including phenoxy) is 1. The Bertz CT molecular complexity index is 384. The van der Waals surface area contributed by atoms with Gasteiger partial charge in [-0.3, -0.25) is 0 Å². The van der Waals surface area contributed by atoms with E-state index in [4.69, 9.17) is 0 Å². The summed E-state index contributed by atoms with van der Waals surface area (Å²) in [7, 11) is -1.13. The van der Waals surface area contributed by atoms with E-state index in [0.717, 1.165) is 0 Å². The van der Waals surface area contributed by atoms with Crippen LogP contribution in [0.3, 0.4) is 0 Å². The third-order valence-corrected chi connectivity index (χ3v) is 2.31. The van der Waals surface area contributed by atoms with Crippen molar-refractivity contribution in [3.8, 4) is 0 Å². The van der Waals surface area contributed by atoms with Gasteiger partial charge in [0.15, 0.2) is 0 Å². The summed E-state index contributed by atoms with van der Waals surface area (Å²) in [5.41, 5.74) is 1.08. The Morgan fingerprint density at radius 1 is 1.29 bits per heavy atom. The van der Waals surface area contributed by atoms with Crippen molar-refractivity contribution < 1.29 is 17.9 Å². The Balaban J connectivity index is 2.83. The predicted molar refractivity (Wildman–Crippen MR) is 51.8 cm³/mol. The van der Waals surface area contributed by atoms with Gasteiger partial charge in [-0.2, -0.15) is 0 Å². The molecule has 0 amide bonds. The Morgan fingerprint density at radius 2 is 1.86 bits per heavy atom. The molecule has 0 aliphatic rings. The Morgan fingerprint density at radius 3 is 2.29 bits per heavy atom. The van der Waals surface area contributed by atoms with Crippen LogP contribution in [0.5, 0.6) is 0 Å². The molecule has 0 spiro atoms. The van der Waals surface area contributed by atoms with E-state index in [0.29, 0.717) is 11.1 Å². The van der Waals surface area contributed by atoms with Crippen LogP contribution in [0, 0.1) is 0 Å². The van der Waals surface area contributed by atoms with Gasteiger partial charge in [0.05, 0.1) is 18.4 Å². The van der Waals surface area contributed by atoms with E-state index < -0.39 is 16.7 Å². The van der Waals surface area contributed by atoms with Crippen LogP contribution in [0.1, 0.15) is 15.9 Å². The molecule has 0 radical (unpaired) electrons. The Kier molecular flexibility index (Phi) is 3.64. The van der Waals surface area contributed by atoms with E-state index in [1.807, 2.05) is 0 Å². The summed E-state index contributed by atoms with van der Waals surface area (Å²) < 4.78 is 25.3. The number of carbonyl (C=O) groups excluding carboxylic acids is 1. The van der Waals surface area contributed by atoms with Gasteiger partial charge in [0.2, 0.25) is 0 Å². The Labute approximate surface area is 83.5 Å². The lowest BCUT2D eigenvalue weighted by atomic mass is 10.1. The SMILES string of the molecule is COC(=O)c1ccc(C[SH](=O)=O)cc1. The van der Waals surface area contributed by atoms with Gasteiger partial charge in [-0.25, -0.2) is 13.2 Å². The summed E-state index contributed by atoms with van der Waals surface area (Å²) in [6, 6.07) is 6.27. The number of hydrogen-bond donors (Lipinski definition) is 1. The molecule has 0 saturated heterocycles. The van der Waals surface area contributed by atoms with Crippen molar-refractivity contribution in [2.75, 3.05) is 7.11 Å². The summed E-state index contributed by atoms with van der Waals surface area (Å²) in [5.74, 6) is -0.431. The number of methoxy groups -OCH3 is 1. The molecule has 0 aromatic heterocycles. The summed E-state index contributed by atoms with van der Waals surface area (Å²) in [5, 5.41) is 0. The van der Waals surface area contributed by atoms with Crippen molar-refractivity contribution in [1.82, 2.24) is 0 Å². The number of esters is 1. The minimum absolute atomic E-state index is 0.00319. The topological polar surface area (TPSA) is 60.4 Å². The molecule has 5 heteroatoms. The summed E-state index contributed by atoms with van der Waals surface area (Å²) >= 11 is 0. The fourth-order valence-electron chi connectivity index (χ4n) is 1.01. The normalized spacial score (nSPS) is 10.1. The third-order valence-electron chi connectivity index (χ3n) is 1.69. The van der Waals surface area contributed by atoms with Crippen LogP contribution in [0.4, 0.5) is 0 Å². The van der Waals surface area contributed by atoms with Crippen LogP contribution in [-0.2, 0) is 21.2 Å². The van der Waals surface area contributed by atoms with Crippen molar-refractivity contribution in [2.45, 2.75) is 5.75 Å². The Hall–Kier alpha value is -1.36. The van der Waals surface area contributed by atoms with E-state index in [2.05, 4.69) is 4.74 Å². The average Bonchev–Trinajstić information content (AvgIpc) is 2.17. The molecule has 1 aromatic rings.